The van der Waals surface area contributed by atoms with Gasteiger partial charge < -0.3 is 20.5 Å². The molecule has 0 spiro atoms. The molecular weight excluding hydrogens is 370 g/mol. The highest BCUT2D eigenvalue weighted by atomic mass is 19.1. The predicted molar refractivity (Wildman–Crippen MR) is 98.3 cm³/mol. The molecule has 6 nitrogen and oxygen atoms in total. The second-order valence-electron chi connectivity index (χ2n) is 6.52. The Balaban J connectivity index is 1.59. The Morgan fingerprint density at radius 1 is 1.11 bits per heavy atom. The van der Waals surface area contributed by atoms with E-state index >= 15 is 0 Å². The number of phenolic OH excluding ortho intramolecular Hbond substituents is 1. The molecule has 3 rings (SSSR count). The lowest BCUT2D eigenvalue weighted by Gasteiger charge is -2.12. The summed E-state index contributed by atoms with van der Waals surface area (Å²) in [6, 6.07) is 6.43. The van der Waals surface area contributed by atoms with E-state index < -0.39 is 23.4 Å². The van der Waals surface area contributed by atoms with Crippen molar-refractivity contribution in [3.05, 3.63) is 59.2 Å². The number of amides is 2. The lowest BCUT2D eigenvalue weighted by molar-refractivity contribution is 0.0904. The van der Waals surface area contributed by atoms with Gasteiger partial charge in [0.05, 0.1) is 11.7 Å². The van der Waals surface area contributed by atoms with Gasteiger partial charge in [-0.2, -0.15) is 0 Å². The van der Waals surface area contributed by atoms with E-state index in [1.54, 1.807) is 0 Å². The molecule has 1 saturated heterocycles. The van der Waals surface area contributed by atoms with Crippen molar-refractivity contribution in [2.75, 3.05) is 18.5 Å². The lowest BCUT2D eigenvalue weighted by Crippen LogP contribution is -2.27. The molecule has 0 radical (unpaired) electrons. The van der Waals surface area contributed by atoms with Crippen LogP contribution in [0.5, 0.6) is 5.75 Å². The Morgan fingerprint density at radius 3 is 2.50 bits per heavy atom. The first kappa shape index (κ1) is 19.8. The molecule has 2 aromatic carbocycles. The molecule has 1 aliphatic heterocycles. The van der Waals surface area contributed by atoms with Crippen molar-refractivity contribution in [1.29, 1.82) is 0 Å². The molecule has 1 atom stereocenters. The molecule has 2 aromatic rings. The van der Waals surface area contributed by atoms with Crippen molar-refractivity contribution >= 4 is 17.5 Å². The lowest BCUT2D eigenvalue weighted by atomic mass is 10.1. The average molecular weight is 390 g/mol. The van der Waals surface area contributed by atoms with Crippen molar-refractivity contribution in [3.8, 4) is 5.75 Å². The van der Waals surface area contributed by atoms with Crippen LogP contribution in [0.1, 0.15) is 40.0 Å². The molecule has 1 unspecified atom stereocenters. The maximum absolute atomic E-state index is 13.2. The van der Waals surface area contributed by atoms with Crippen LogP contribution in [0.25, 0.3) is 0 Å². The maximum atomic E-state index is 13.2. The number of ether oxygens (including phenoxy) is 1. The van der Waals surface area contributed by atoms with E-state index in [0.29, 0.717) is 19.0 Å². The minimum absolute atomic E-state index is 0.0575. The van der Waals surface area contributed by atoms with Gasteiger partial charge in [0.1, 0.15) is 17.4 Å². The van der Waals surface area contributed by atoms with Crippen LogP contribution in [0.3, 0.4) is 0 Å². The summed E-state index contributed by atoms with van der Waals surface area (Å²) in [5.74, 6) is -3.25. The second kappa shape index (κ2) is 8.79. The van der Waals surface area contributed by atoms with Crippen LogP contribution in [0.15, 0.2) is 36.4 Å². The Morgan fingerprint density at radius 2 is 1.86 bits per heavy atom. The number of aromatic hydroxyl groups is 1. The van der Waals surface area contributed by atoms with E-state index in [4.69, 9.17) is 4.74 Å². The number of halogens is 2. The SMILES string of the molecule is O=C(Nc1ccc(C(=O)NCCC2CCCO2)c(O)c1)c1cc(F)cc(F)c1. The summed E-state index contributed by atoms with van der Waals surface area (Å²) >= 11 is 0. The first-order chi connectivity index (χ1) is 13.4. The number of nitrogens with one attached hydrogen (secondary N) is 2. The summed E-state index contributed by atoms with van der Waals surface area (Å²) in [7, 11) is 0. The van der Waals surface area contributed by atoms with Gasteiger partial charge in [-0.05, 0) is 43.5 Å². The zero-order valence-corrected chi connectivity index (χ0v) is 15.0. The molecule has 28 heavy (non-hydrogen) atoms. The first-order valence-electron chi connectivity index (χ1n) is 8.92. The summed E-state index contributed by atoms with van der Waals surface area (Å²) in [4.78, 5) is 24.3. The Bertz CT molecular complexity index is 862. The van der Waals surface area contributed by atoms with Crippen LogP contribution in [0, 0.1) is 11.6 Å². The molecule has 0 aliphatic carbocycles. The predicted octanol–water partition coefficient (Wildman–Crippen LogP) is 3.22. The zero-order chi connectivity index (χ0) is 20.1. The topological polar surface area (TPSA) is 87.7 Å². The molecule has 0 saturated carbocycles. The van der Waals surface area contributed by atoms with Gasteiger partial charge in [0, 0.05) is 36.5 Å². The third-order valence-corrected chi connectivity index (χ3v) is 4.40. The van der Waals surface area contributed by atoms with Gasteiger partial charge in [-0.3, -0.25) is 9.59 Å². The summed E-state index contributed by atoms with van der Waals surface area (Å²) in [6.07, 6.45) is 2.85. The normalized spacial score (nSPS) is 16.0. The number of phenols is 1. The number of carbonyl (C=O) groups is 2. The Labute approximate surface area is 160 Å². The number of hydrogen-bond donors (Lipinski definition) is 3. The minimum atomic E-state index is -0.872. The van der Waals surface area contributed by atoms with Gasteiger partial charge in [0.25, 0.3) is 11.8 Å². The van der Waals surface area contributed by atoms with Gasteiger partial charge in [-0.15, -0.1) is 0 Å². The maximum Gasteiger partial charge on any atom is 0.255 e. The first-order valence-corrected chi connectivity index (χ1v) is 8.92. The fourth-order valence-corrected chi connectivity index (χ4v) is 3.00. The van der Waals surface area contributed by atoms with Gasteiger partial charge in [0.2, 0.25) is 0 Å². The Hall–Kier alpha value is -3.00. The highest BCUT2D eigenvalue weighted by molar-refractivity contribution is 6.05. The standard InChI is InChI=1S/C20H20F2N2O4/c21-13-8-12(9-14(22)10-13)19(26)24-15-3-4-17(18(25)11-15)20(27)23-6-5-16-2-1-7-28-16/h3-4,8-11,16,25H,1-2,5-7H2,(H,23,27)(H,24,26). The highest BCUT2D eigenvalue weighted by Gasteiger charge is 2.17. The number of rotatable bonds is 6. The van der Waals surface area contributed by atoms with Crippen LogP contribution in [0.2, 0.25) is 0 Å². The largest absolute Gasteiger partial charge is 0.507 e. The molecule has 0 aromatic heterocycles. The van der Waals surface area contributed by atoms with E-state index in [-0.39, 0.29) is 28.7 Å². The fourth-order valence-electron chi connectivity index (χ4n) is 3.00. The number of anilines is 1. The van der Waals surface area contributed by atoms with Crippen LogP contribution >= 0.6 is 0 Å². The fraction of sp³-hybridized carbons (Fsp3) is 0.300. The Kier molecular flexibility index (Phi) is 6.20. The summed E-state index contributed by atoms with van der Waals surface area (Å²) in [5, 5.41) is 15.2. The third-order valence-electron chi connectivity index (χ3n) is 4.40. The summed E-state index contributed by atoms with van der Waals surface area (Å²) < 4.78 is 31.9. The molecule has 8 heteroatoms. The van der Waals surface area contributed by atoms with Gasteiger partial charge in [-0.1, -0.05) is 0 Å². The molecule has 2 amide bonds. The van der Waals surface area contributed by atoms with Crippen LogP contribution in [0.4, 0.5) is 14.5 Å². The summed E-state index contributed by atoms with van der Waals surface area (Å²) in [6.45, 7) is 1.17. The van der Waals surface area contributed by atoms with Crippen molar-refractivity contribution < 1.29 is 28.2 Å². The van der Waals surface area contributed by atoms with Gasteiger partial charge in [0.15, 0.2) is 0 Å². The van der Waals surface area contributed by atoms with Crippen molar-refractivity contribution in [2.24, 2.45) is 0 Å². The van der Waals surface area contributed by atoms with Crippen LogP contribution in [-0.2, 0) is 4.74 Å². The van der Waals surface area contributed by atoms with Gasteiger partial charge >= 0.3 is 0 Å². The number of hydrogen-bond acceptors (Lipinski definition) is 4. The van der Waals surface area contributed by atoms with Gasteiger partial charge in [-0.25, -0.2) is 8.78 Å². The molecule has 1 aliphatic rings. The molecule has 0 bridgehead atoms. The smallest absolute Gasteiger partial charge is 0.255 e. The van der Waals surface area contributed by atoms with Crippen molar-refractivity contribution in [2.45, 2.75) is 25.4 Å². The summed E-state index contributed by atoms with van der Waals surface area (Å²) in [5.41, 5.74) is 0.0400. The zero-order valence-electron chi connectivity index (χ0n) is 15.0. The van der Waals surface area contributed by atoms with Crippen molar-refractivity contribution in [3.63, 3.8) is 0 Å². The van der Waals surface area contributed by atoms with E-state index in [9.17, 15) is 23.5 Å². The molecule has 1 heterocycles. The van der Waals surface area contributed by atoms with Crippen LogP contribution < -0.4 is 10.6 Å². The van der Waals surface area contributed by atoms with E-state index in [1.807, 2.05) is 0 Å². The van der Waals surface area contributed by atoms with E-state index in [0.717, 1.165) is 31.6 Å². The van der Waals surface area contributed by atoms with E-state index in [1.165, 1.54) is 18.2 Å². The molecule has 3 N–H and O–H groups in total. The minimum Gasteiger partial charge on any atom is -0.507 e. The molecule has 1 fully saturated rings. The third kappa shape index (κ3) is 5.04. The van der Waals surface area contributed by atoms with Crippen LogP contribution in [-0.4, -0.2) is 36.2 Å². The highest BCUT2D eigenvalue weighted by Crippen LogP contribution is 2.23. The molecular formula is C20H20F2N2O4. The average Bonchev–Trinajstić information content (AvgIpc) is 3.14. The molecule has 148 valence electrons. The number of carbonyl (C=O) groups excluding carboxylic acids is 2. The number of benzene rings is 2. The quantitative estimate of drug-likeness (QED) is 0.707. The van der Waals surface area contributed by atoms with Crippen molar-refractivity contribution in [1.82, 2.24) is 5.32 Å². The monoisotopic (exact) mass is 390 g/mol. The van der Waals surface area contributed by atoms with E-state index in [2.05, 4.69) is 10.6 Å². The second-order valence-corrected chi connectivity index (χ2v) is 6.52.